The molecule has 2 aromatic rings. The van der Waals surface area contributed by atoms with Crippen LogP contribution in [-0.4, -0.2) is 34.6 Å². The number of anilines is 1. The van der Waals surface area contributed by atoms with E-state index in [1.54, 1.807) is 24.3 Å². The number of thioether (sulfide) groups is 1. The number of aromatic nitrogens is 1. The number of benzene rings is 1. The normalized spacial score (nSPS) is 16.8. The quantitative estimate of drug-likeness (QED) is 0.705. The lowest BCUT2D eigenvalue weighted by Gasteiger charge is -2.16. The molecule has 1 aromatic heterocycles. The lowest BCUT2D eigenvalue weighted by atomic mass is 10.3. The number of rotatable bonds is 6. The lowest BCUT2D eigenvalue weighted by molar-refractivity contribution is -0.255. The second-order valence-electron chi connectivity index (χ2n) is 5.45. The van der Waals surface area contributed by atoms with E-state index in [-0.39, 0.29) is 22.9 Å². The van der Waals surface area contributed by atoms with Crippen LogP contribution in [0.4, 0.5) is 5.69 Å². The number of hydrogen-bond acceptors (Lipinski definition) is 7. The molecule has 1 saturated heterocycles. The van der Waals surface area contributed by atoms with E-state index in [1.807, 2.05) is 6.92 Å². The fourth-order valence-corrected chi connectivity index (χ4v) is 3.70. The van der Waals surface area contributed by atoms with E-state index in [1.165, 1.54) is 18.3 Å². The monoisotopic (exact) mass is 371 g/mol. The van der Waals surface area contributed by atoms with Crippen LogP contribution in [0.3, 0.4) is 0 Å². The number of ether oxygens (including phenoxy) is 1. The molecule has 3 rings (SSSR count). The van der Waals surface area contributed by atoms with Crippen molar-refractivity contribution in [2.75, 3.05) is 11.5 Å². The minimum atomic E-state index is -1.37. The molecule has 1 fully saturated rings. The highest BCUT2D eigenvalue weighted by Crippen LogP contribution is 2.34. The first-order valence-corrected chi connectivity index (χ1v) is 8.82. The van der Waals surface area contributed by atoms with E-state index in [0.717, 1.165) is 16.7 Å². The van der Waals surface area contributed by atoms with Crippen LogP contribution < -0.4 is 14.7 Å². The summed E-state index contributed by atoms with van der Waals surface area (Å²) in [5, 5.41) is 10.6. The molecule has 2 heterocycles. The predicted octanol–water partition coefficient (Wildman–Crippen LogP) is 1.27. The molecule has 0 N–H and O–H groups in total. The van der Waals surface area contributed by atoms with Crippen LogP contribution in [0.5, 0.6) is 5.75 Å². The smallest absolute Gasteiger partial charge is 0.247 e. The van der Waals surface area contributed by atoms with Crippen molar-refractivity contribution in [3.8, 4) is 5.75 Å². The Morgan fingerprint density at radius 1 is 1.31 bits per heavy atom. The molecule has 0 radical (unpaired) electrons. The van der Waals surface area contributed by atoms with Gasteiger partial charge in [-0.1, -0.05) is 11.8 Å². The van der Waals surface area contributed by atoms with Gasteiger partial charge in [0.2, 0.25) is 11.8 Å². The number of hydrogen-bond donors (Lipinski definition) is 0. The van der Waals surface area contributed by atoms with Crippen LogP contribution in [-0.2, 0) is 9.59 Å². The first kappa shape index (κ1) is 17.9. The summed E-state index contributed by atoms with van der Waals surface area (Å²) in [5.41, 5.74) is 0.352. The van der Waals surface area contributed by atoms with Gasteiger partial charge in [-0.2, -0.15) is 0 Å². The topological polar surface area (TPSA) is 99.6 Å². The third-order valence-electron chi connectivity index (χ3n) is 3.76. The average Bonchev–Trinajstić information content (AvgIpc) is 2.90. The molecule has 1 aliphatic heterocycles. The maximum atomic E-state index is 12.7. The highest BCUT2D eigenvalue weighted by molar-refractivity contribution is 8.00. The Morgan fingerprint density at radius 2 is 2.04 bits per heavy atom. The molecule has 1 aromatic carbocycles. The summed E-state index contributed by atoms with van der Waals surface area (Å²) in [4.78, 5) is 41.3. The molecule has 0 bridgehead atoms. The van der Waals surface area contributed by atoms with Gasteiger partial charge in [0.05, 0.1) is 23.5 Å². The number of carboxylic acid groups (broad SMARTS) is 1. The second kappa shape index (κ2) is 7.57. The molecule has 8 heteroatoms. The Hall–Kier alpha value is -2.87. The number of imide groups is 1. The van der Waals surface area contributed by atoms with Gasteiger partial charge in [-0.25, -0.2) is 9.88 Å². The highest BCUT2D eigenvalue weighted by Gasteiger charge is 2.40. The minimum Gasteiger partial charge on any atom is -0.545 e. The van der Waals surface area contributed by atoms with Crippen molar-refractivity contribution in [3.63, 3.8) is 0 Å². The second-order valence-corrected chi connectivity index (χ2v) is 6.64. The first-order valence-electron chi connectivity index (χ1n) is 7.94. The van der Waals surface area contributed by atoms with Gasteiger partial charge < -0.3 is 14.6 Å². The van der Waals surface area contributed by atoms with Crippen molar-refractivity contribution < 1.29 is 24.2 Å². The summed E-state index contributed by atoms with van der Waals surface area (Å²) in [7, 11) is 0. The van der Waals surface area contributed by atoms with Gasteiger partial charge in [0.1, 0.15) is 10.8 Å². The van der Waals surface area contributed by atoms with E-state index in [4.69, 9.17) is 4.74 Å². The molecule has 0 spiro atoms. The van der Waals surface area contributed by atoms with E-state index in [9.17, 15) is 19.5 Å². The molecule has 2 amide bonds. The van der Waals surface area contributed by atoms with E-state index in [2.05, 4.69) is 4.98 Å². The summed E-state index contributed by atoms with van der Waals surface area (Å²) in [6.07, 6.45) is 1.40. The van der Waals surface area contributed by atoms with Crippen LogP contribution in [0.2, 0.25) is 0 Å². The Labute approximate surface area is 154 Å². The number of aromatic carboxylic acids is 1. The van der Waals surface area contributed by atoms with Crippen molar-refractivity contribution in [2.24, 2.45) is 0 Å². The van der Waals surface area contributed by atoms with Gasteiger partial charge in [0.25, 0.3) is 0 Å². The molecule has 0 aliphatic carbocycles. The molecule has 0 saturated carbocycles. The van der Waals surface area contributed by atoms with Crippen LogP contribution in [0.25, 0.3) is 0 Å². The Bertz CT molecular complexity index is 853. The number of amides is 2. The number of carboxylic acids is 1. The van der Waals surface area contributed by atoms with Gasteiger partial charge in [-0.3, -0.25) is 9.59 Å². The Balaban J connectivity index is 1.80. The number of carbonyl (C=O) groups excluding carboxylic acids is 3. The molecule has 1 unspecified atom stereocenters. The predicted molar refractivity (Wildman–Crippen MR) is 92.9 cm³/mol. The number of carbonyl (C=O) groups is 3. The summed E-state index contributed by atoms with van der Waals surface area (Å²) >= 11 is 0.959. The zero-order valence-electron chi connectivity index (χ0n) is 13.9. The molecule has 134 valence electrons. The first-order chi connectivity index (χ1) is 12.5. The van der Waals surface area contributed by atoms with Crippen LogP contribution in [0, 0.1) is 0 Å². The van der Waals surface area contributed by atoms with Crippen molar-refractivity contribution in [1.29, 1.82) is 0 Å². The molecular weight excluding hydrogens is 356 g/mol. The standard InChI is InChI=1S/C18H16N2O5S/c1-2-25-12-7-5-11(6-8-12)20-15(21)10-14(17(20)22)26-16-13(18(23)24)4-3-9-19-16/h3-9,14H,2,10H2,1H3,(H,23,24)/p-1. The molecule has 1 aliphatic rings. The molecular formula is C18H15N2O5S-. The Kier molecular flexibility index (Phi) is 5.22. The van der Waals surface area contributed by atoms with Crippen LogP contribution in [0.15, 0.2) is 47.6 Å². The van der Waals surface area contributed by atoms with E-state index < -0.39 is 17.1 Å². The molecule has 26 heavy (non-hydrogen) atoms. The van der Waals surface area contributed by atoms with Crippen molar-refractivity contribution in [1.82, 2.24) is 4.98 Å². The zero-order chi connectivity index (χ0) is 18.7. The largest absolute Gasteiger partial charge is 0.545 e. The number of nitrogens with zero attached hydrogens (tertiary/aromatic N) is 2. The molecule has 7 nitrogen and oxygen atoms in total. The average molecular weight is 371 g/mol. The maximum absolute atomic E-state index is 12.7. The van der Waals surface area contributed by atoms with Crippen LogP contribution in [0.1, 0.15) is 23.7 Å². The van der Waals surface area contributed by atoms with Gasteiger partial charge >= 0.3 is 0 Å². The van der Waals surface area contributed by atoms with Gasteiger partial charge in [-0.05, 0) is 43.3 Å². The fourth-order valence-electron chi connectivity index (χ4n) is 2.60. The van der Waals surface area contributed by atoms with Crippen LogP contribution >= 0.6 is 11.8 Å². The van der Waals surface area contributed by atoms with Crippen molar-refractivity contribution in [2.45, 2.75) is 23.6 Å². The minimum absolute atomic E-state index is 0.0280. The SMILES string of the molecule is CCOc1ccc(N2C(=O)CC(Sc3ncccc3C(=O)[O-])C2=O)cc1. The summed E-state index contributed by atoms with van der Waals surface area (Å²) in [5.74, 6) is -1.48. The highest BCUT2D eigenvalue weighted by atomic mass is 32.2. The van der Waals surface area contributed by atoms with Crippen molar-refractivity contribution >= 4 is 35.2 Å². The van der Waals surface area contributed by atoms with Gasteiger partial charge in [0, 0.05) is 18.2 Å². The summed E-state index contributed by atoms with van der Waals surface area (Å²) < 4.78 is 5.35. The number of pyridine rings is 1. The summed E-state index contributed by atoms with van der Waals surface area (Å²) in [6, 6.07) is 9.49. The Morgan fingerprint density at radius 3 is 2.69 bits per heavy atom. The van der Waals surface area contributed by atoms with Gasteiger partial charge in [-0.15, -0.1) is 0 Å². The van der Waals surface area contributed by atoms with Gasteiger partial charge in [0.15, 0.2) is 0 Å². The van der Waals surface area contributed by atoms with E-state index >= 15 is 0 Å². The lowest BCUT2D eigenvalue weighted by Crippen LogP contribution is -2.31. The molecule has 1 atom stereocenters. The zero-order valence-corrected chi connectivity index (χ0v) is 14.7. The van der Waals surface area contributed by atoms with E-state index in [0.29, 0.717) is 18.0 Å². The van der Waals surface area contributed by atoms with Crippen molar-refractivity contribution in [3.05, 3.63) is 48.2 Å². The summed E-state index contributed by atoms with van der Waals surface area (Å²) in [6.45, 7) is 2.38. The third-order valence-corrected chi connectivity index (χ3v) is 4.96. The fraction of sp³-hybridized carbons (Fsp3) is 0.222. The maximum Gasteiger partial charge on any atom is 0.247 e. The third kappa shape index (κ3) is 3.55.